The first-order valence-corrected chi connectivity index (χ1v) is 17.8. The van der Waals surface area contributed by atoms with Gasteiger partial charge < -0.3 is 19.9 Å². The van der Waals surface area contributed by atoms with Gasteiger partial charge in [-0.15, -0.1) is 0 Å². The number of carboxylic acids is 1. The van der Waals surface area contributed by atoms with Crippen LogP contribution in [0.25, 0.3) is 0 Å². The zero-order chi connectivity index (χ0) is 37.3. The number of ether oxygens (including phenoxy) is 2. The summed E-state index contributed by atoms with van der Waals surface area (Å²) in [6.07, 6.45) is 1.93. The number of amides is 4. The number of para-hydroxylation sites is 1. The molecule has 5 rings (SSSR count). The van der Waals surface area contributed by atoms with E-state index in [4.69, 9.17) is 26.2 Å². The number of sulfonamides is 2. The number of nitrogens with one attached hydrogen (secondary N) is 4. The minimum atomic E-state index is -4.44. The highest BCUT2D eigenvalue weighted by atomic mass is 35.5. The Morgan fingerprint density at radius 2 is 1.41 bits per heavy atom. The van der Waals surface area contributed by atoms with Crippen molar-refractivity contribution in [2.24, 2.45) is 0 Å². The Kier molecular flexibility index (Phi) is 12.1. The standard InChI is InChI=1S/C18H18N2O5S.C13H11ClN4O6S/c1-25-16-5-3-2-4-15(16)18(22)20-26(23,24)14-10-6-12(7-11-14)17(21)19-13-8-9-13;1-24-10-6-9(14)15-12(16-10)17-13(21)18-25(22,23)8-5-3-2-4-7(8)11(19)20/h2-7,10-11,13H,8-9H2,1H3,(H,19,21)(H,20,22);2-6H,1H3,(H,19,20)(H2,15,16,17,18,21). The Balaban J connectivity index is 0.000000229. The van der Waals surface area contributed by atoms with E-state index in [1.54, 1.807) is 22.9 Å². The predicted molar refractivity (Wildman–Crippen MR) is 181 cm³/mol. The molecular weight excluding hydrogens is 732 g/mol. The molecule has 0 spiro atoms. The minimum Gasteiger partial charge on any atom is -0.496 e. The fourth-order valence-electron chi connectivity index (χ4n) is 4.09. The van der Waals surface area contributed by atoms with Crippen LogP contribution in [0.2, 0.25) is 5.15 Å². The zero-order valence-corrected chi connectivity index (χ0v) is 29.0. The molecule has 20 heteroatoms. The van der Waals surface area contributed by atoms with Gasteiger partial charge in [-0.2, -0.15) is 4.98 Å². The van der Waals surface area contributed by atoms with Gasteiger partial charge >= 0.3 is 12.0 Å². The summed E-state index contributed by atoms with van der Waals surface area (Å²) in [5.74, 6) is -2.47. The smallest absolute Gasteiger partial charge is 0.337 e. The third-order valence-corrected chi connectivity index (χ3v) is 9.59. The summed E-state index contributed by atoms with van der Waals surface area (Å²) in [4.78, 5) is 54.0. The molecule has 1 heterocycles. The number of aromatic carboxylic acids is 1. The number of aromatic nitrogens is 2. The van der Waals surface area contributed by atoms with Gasteiger partial charge in [0.05, 0.1) is 30.2 Å². The summed E-state index contributed by atoms with van der Waals surface area (Å²) in [6.45, 7) is 0. The van der Waals surface area contributed by atoms with Gasteiger partial charge in [0.25, 0.3) is 31.9 Å². The summed E-state index contributed by atoms with van der Waals surface area (Å²) in [7, 11) is -5.81. The molecule has 0 atom stereocenters. The van der Waals surface area contributed by atoms with E-state index >= 15 is 0 Å². The number of urea groups is 1. The Hall–Kier alpha value is -5.79. The van der Waals surface area contributed by atoms with E-state index in [0.717, 1.165) is 25.0 Å². The second-order valence-electron chi connectivity index (χ2n) is 10.3. The van der Waals surface area contributed by atoms with Gasteiger partial charge in [0.2, 0.25) is 11.8 Å². The van der Waals surface area contributed by atoms with Crippen LogP contribution in [0, 0.1) is 0 Å². The van der Waals surface area contributed by atoms with Crippen LogP contribution in [0.5, 0.6) is 11.6 Å². The third-order valence-electron chi connectivity index (χ3n) is 6.66. The molecule has 0 saturated heterocycles. The molecule has 5 N–H and O–H groups in total. The Labute approximate surface area is 296 Å². The van der Waals surface area contributed by atoms with E-state index < -0.39 is 48.4 Å². The van der Waals surface area contributed by atoms with Crippen LogP contribution < -0.4 is 29.6 Å². The van der Waals surface area contributed by atoms with Gasteiger partial charge in [-0.05, 0) is 61.4 Å². The zero-order valence-electron chi connectivity index (χ0n) is 26.6. The van der Waals surface area contributed by atoms with Crippen molar-refractivity contribution in [1.29, 1.82) is 0 Å². The van der Waals surface area contributed by atoms with Gasteiger partial charge in [-0.1, -0.05) is 35.9 Å². The molecule has 0 bridgehead atoms. The maximum absolute atomic E-state index is 12.4. The molecule has 268 valence electrons. The first-order chi connectivity index (χ1) is 24.1. The van der Waals surface area contributed by atoms with Crippen molar-refractivity contribution < 1.29 is 50.6 Å². The molecule has 1 aliphatic carbocycles. The Morgan fingerprint density at radius 1 is 0.784 bits per heavy atom. The molecule has 1 aliphatic rings. The van der Waals surface area contributed by atoms with Crippen LogP contribution in [-0.2, 0) is 20.0 Å². The van der Waals surface area contributed by atoms with Crippen molar-refractivity contribution in [2.45, 2.75) is 28.7 Å². The van der Waals surface area contributed by atoms with Crippen LogP contribution in [0.4, 0.5) is 10.7 Å². The summed E-state index contributed by atoms with van der Waals surface area (Å²) in [5.41, 5.74) is -0.00520. The van der Waals surface area contributed by atoms with Crippen LogP contribution >= 0.6 is 11.6 Å². The SMILES string of the molecule is COc1cc(Cl)nc(NC(=O)NS(=O)(=O)c2ccccc2C(=O)O)n1.COc1ccccc1C(=O)NS(=O)(=O)c1ccc(C(=O)NC2CC2)cc1. The molecule has 51 heavy (non-hydrogen) atoms. The van der Waals surface area contributed by atoms with E-state index in [1.165, 1.54) is 62.8 Å². The van der Waals surface area contributed by atoms with Crippen LogP contribution in [0.15, 0.2) is 88.7 Å². The summed E-state index contributed by atoms with van der Waals surface area (Å²) in [5, 5.41) is 13.9. The fourth-order valence-corrected chi connectivity index (χ4v) is 6.34. The molecule has 17 nitrogen and oxygen atoms in total. The number of hydrogen-bond donors (Lipinski definition) is 5. The van der Waals surface area contributed by atoms with E-state index in [2.05, 4.69) is 20.6 Å². The molecular formula is C31H29ClN6O11S2. The minimum absolute atomic E-state index is 0.0405. The van der Waals surface area contributed by atoms with E-state index in [1.807, 2.05) is 4.72 Å². The van der Waals surface area contributed by atoms with Crippen molar-refractivity contribution in [2.75, 3.05) is 19.5 Å². The molecule has 0 aliphatic heterocycles. The average molecular weight is 761 g/mol. The van der Waals surface area contributed by atoms with Gasteiger partial charge in [0.1, 0.15) is 15.8 Å². The third kappa shape index (κ3) is 10.4. The topological polar surface area (TPSA) is 249 Å². The number of carbonyl (C=O) groups is 4. The van der Waals surface area contributed by atoms with Gasteiger partial charge in [0.15, 0.2) is 0 Å². The van der Waals surface area contributed by atoms with E-state index in [9.17, 15) is 36.0 Å². The highest BCUT2D eigenvalue weighted by molar-refractivity contribution is 7.90. The summed E-state index contributed by atoms with van der Waals surface area (Å²) >= 11 is 5.71. The lowest BCUT2D eigenvalue weighted by atomic mass is 10.2. The normalized spacial score (nSPS) is 12.3. The molecule has 1 aromatic heterocycles. The van der Waals surface area contributed by atoms with Gasteiger partial charge in [0, 0.05) is 17.7 Å². The van der Waals surface area contributed by atoms with Gasteiger partial charge in [-0.25, -0.2) is 40.9 Å². The van der Waals surface area contributed by atoms with E-state index in [-0.39, 0.29) is 45.1 Å². The molecule has 4 amide bonds. The number of halogens is 1. The number of benzene rings is 3. The maximum Gasteiger partial charge on any atom is 0.337 e. The lowest BCUT2D eigenvalue weighted by Crippen LogP contribution is -2.35. The Morgan fingerprint density at radius 3 is 2.02 bits per heavy atom. The van der Waals surface area contributed by atoms with Crippen molar-refractivity contribution in [1.82, 2.24) is 24.7 Å². The number of nitrogens with zero attached hydrogens (tertiary/aromatic N) is 2. The van der Waals surface area contributed by atoms with Crippen LogP contribution in [0.3, 0.4) is 0 Å². The molecule has 1 fully saturated rings. The molecule has 0 unspecified atom stereocenters. The first-order valence-electron chi connectivity index (χ1n) is 14.5. The lowest BCUT2D eigenvalue weighted by molar-refractivity contribution is 0.0692. The quantitative estimate of drug-likeness (QED) is 0.138. The summed E-state index contributed by atoms with van der Waals surface area (Å²) in [6, 6.07) is 16.9. The van der Waals surface area contributed by atoms with Crippen molar-refractivity contribution >= 4 is 61.4 Å². The monoisotopic (exact) mass is 760 g/mol. The number of rotatable bonds is 11. The lowest BCUT2D eigenvalue weighted by Gasteiger charge is -2.10. The van der Waals surface area contributed by atoms with Crippen LogP contribution in [-0.4, -0.2) is 76.0 Å². The maximum atomic E-state index is 12.4. The highest BCUT2D eigenvalue weighted by Gasteiger charge is 2.26. The van der Waals surface area contributed by atoms with Crippen LogP contribution in [0.1, 0.15) is 43.9 Å². The first kappa shape index (κ1) is 38.0. The second kappa shape index (κ2) is 16.3. The number of methoxy groups -OCH3 is 2. The second-order valence-corrected chi connectivity index (χ2v) is 14.0. The predicted octanol–water partition coefficient (Wildman–Crippen LogP) is 3.05. The highest BCUT2D eigenvalue weighted by Crippen LogP contribution is 2.21. The average Bonchev–Trinajstić information content (AvgIpc) is 3.91. The number of carbonyl (C=O) groups excluding carboxylic acids is 3. The number of carboxylic acid groups (broad SMARTS) is 1. The Bertz CT molecular complexity index is 2180. The molecule has 0 radical (unpaired) electrons. The largest absolute Gasteiger partial charge is 0.496 e. The summed E-state index contributed by atoms with van der Waals surface area (Å²) < 4.78 is 62.8. The number of hydrogen-bond acceptors (Lipinski definition) is 12. The van der Waals surface area contributed by atoms with Crippen molar-refractivity contribution in [3.63, 3.8) is 0 Å². The van der Waals surface area contributed by atoms with Crippen molar-refractivity contribution in [3.8, 4) is 11.6 Å². The fraction of sp³-hybridized carbons (Fsp3) is 0.161. The number of anilines is 1. The molecule has 4 aromatic rings. The van der Waals surface area contributed by atoms with E-state index in [0.29, 0.717) is 5.56 Å². The molecule has 1 saturated carbocycles. The van der Waals surface area contributed by atoms with Gasteiger partial charge in [-0.3, -0.25) is 14.9 Å². The van der Waals surface area contributed by atoms with Crippen molar-refractivity contribution in [3.05, 3.63) is 101 Å². The molecule has 3 aromatic carbocycles.